The number of rotatable bonds is 4. The Morgan fingerprint density at radius 3 is 2.15 bits per heavy atom. The molecule has 0 N–H and O–H groups in total. The molecule has 0 aromatic rings. The Morgan fingerprint density at radius 2 is 1.77 bits per heavy atom. The van der Waals surface area contributed by atoms with Crippen LogP contribution in [0.4, 0.5) is 0 Å². The van der Waals surface area contributed by atoms with Crippen molar-refractivity contribution in [3.8, 4) is 0 Å². The van der Waals surface area contributed by atoms with Crippen LogP contribution in [0.3, 0.4) is 0 Å². The highest BCUT2D eigenvalue weighted by atomic mass is 15.0. The smallest absolute Gasteiger partial charge is 0.110 e. The minimum Gasteiger partial charge on any atom is -0.260 e. The van der Waals surface area contributed by atoms with Gasteiger partial charge in [0, 0.05) is 6.21 Å². The zero-order valence-corrected chi connectivity index (χ0v) is 8.27. The molecule has 0 aromatic carbocycles. The molecule has 0 amide bonds. The summed E-state index contributed by atoms with van der Waals surface area (Å²) in [6.45, 7) is 4.05. The van der Waals surface area contributed by atoms with E-state index in [4.69, 9.17) is 0 Å². The molecule has 0 unspecified atom stereocenters. The molecule has 0 aromatic heterocycles. The maximum absolute atomic E-state index is 4.39. The molecule has 2 nitrogen and oxygen atoms in total. The van der Waals surface area contributed by atoms with Gasteiger partial charge in [-0.15, -0.1) is 0 Å². The van der Waals surface area contributed by atoms with Gasteiger partial charge in [-0.2, -0.15) is 0 Å². The highest BCUT2D eigenvalue weighted by Crippen LogP contribution is 2.22. The van der Waals surface area contributed by atoms with E-state index in [-0.39, 0.29) is 5.54 Å². The lowest BCUT2D eigenvalue weighted by Crippen LogP contribution is -2.24. The number of hydrogen-bond donors (Lipinski definition) is 0. The normalized spacial score (nSPS) is 26.9. The topological polar surface area (TPSA) is 24.7 Å². The summed E-state index contributed by atoms with van der Waals surface area (Å²) in [5.41, 5.74) is -0.0982. The molecule has 0 saturated carbocycles. The molecule has 0 atom stereocenters. The highest BCUT2D eigenvalue weighted by molar-refractivity contribution is 5.86. The van der Waals surface area contributed by atoms with Crippen molar-refractivity contribution in [1.29, 1.82) is 0 Å². The van der Waals surface area contributed by atoms with Crippen molar-refractivity contribution >= 4 is 12.6 Å². The van der Waals surface area contributed by atoms with Crippen LogP contribution < -0.4 is 0 Å². The van der Waals surface area contributed by atoms with E-state index in [1.807, 2.05) is 20.1 Å². The van der Waals surface area contributed by atoms with Gasteiger partial charge in [-0.1, -0.05) is 24.3 Å². The number of nitrogens with zero attached hydrogens (tertiary/aromatic N) is 2. The summed E-state index contributed by atoms with van der Waals surface area (Å²) in [5.74, 6) is 0. The van der Waals surface area contributed by atoms with Crippen LogP contribution in [-0.2, 0) is 0 Å². The second kappa shape index (κ2) is 4.75. The largest absolute Gasteiger partial charge is 0.260 e. The zero-order chi connectivity index (χ0) is 9.57. The van der Waals surface area contributed by atoms with Crippen molar-refractivity contribution in [2.75, 3.05) is 0 Å². The van der Waals surface area contributed by atoms with Crippen LogP contribution in [0, 0.1) is 0 Å². The molecule has 70 valence electrons. The van der Waals surface area contributed by atoms with E-state index in [9.17, 15) is 0 Å². The quantitative estimate of drug-likeness (QED) is 0.588. The first-order chi connectivity index (χ1) is 6.33. The summed E-state index contributed by atoms with van der Waals surface area (Å²) >= 11 is 0. The Hall–Kier alpha value is -1.18. The number of aliphatic imine (C=N–C) groups is 2. The van der Waals surface area contributed by atoms with Crippen LogP contribution >= 0.6 is 0 Å². The molecule has 13 heavy (non-hydrogen) atoms. The van der Waals surface area contributed by atoms with Gasteiger partial charge in [0.25, 0.3) is 0 Å². The van der Waals surface area contributed by atoms with E-state index in [1.165, 1.54) is 0 Å². The van der Waals surface area contributed by atoms with Crippen molar-refractivity contribution in [3.05, 3.63) is 24.3 Å². The van der Waals surface area contributed by atoms with Crippen LogP contribution in [0.15, 0.2) is 34.3 Å². The molecule has 0 spiro atoms. The van der Waals surface area contributed by atoms with E-state index in [0.717, 1.165) is 12.8 Å². The number of hydrogen-bond acceptors (Lipinski definition) is 2. The summed E-state index contributed by atoms with van der Waals surface area (Å²) in [4.78, 5) is 8.45. The van der Waals surface area contributed by atoms with Crippen LogP contribution in [0.5, 0.6) is 0 Å². The molecule has 0 fully saturated rings. The summed E-state index contributed by atoms with van der Waals surface area (Å²) in [6, 6.07) is 0. The van der Waals surface area contributed by atoms with Gasteiger partial charge >= 0.3 is 0 Å². The first kappa shape index (κ1) is 9.90. The van der Waals surface area contributed by atoms with E-state index in [2.05, 4.69) is 34.3 Å². The molecule has 1 aliphatic heterocycles. The van der Waals surface area contributed by atoms with Gasteiger partial charge in [-0.05, 0) is 26.7 Å². The van der Waals surface area contributed by atoms with Crippen molar-refractivity contribution < 1.29 is 0 Å². The Bertz CT molecular complexity index is 231. The summed E-state index contributed by atoms with van der Waals surface area (Å²) < 4.78 is 0. The lowest BCUT2D eigenvalue weighted by molar-refractivity contribution is 0.607. The van der Waals surface area contributed by atoms with Gasteiger partial charge in [-0.25, -0.2) is 4.99 Å². The molecular formula is C11H16N2. The standard InChI is InChI=1S/C11H16N2/c1-3-5-7-11(8-6-4-2)9-12-10-13-11/h3-6,9-10H,7-8H2,1-2H3. The minimum absolute atomic E-state index is 0.0982. The third-order valence-electron chi connectivity index (χ3n) is 2.11. The van der Waals surface area contributed by atoms with Gasteiger partial charge in [0.2, 0.25) is 0 Å². The van der Waals surface area contributed by atoms with Crippen LogP contribution in [-0.4, -0.2) is 18.1 Å². The second-order valence-electron chi connectivity index (χ2n) is 3.17. The molecule has 1 heterocycles. The third kappa shape index (κ3) is 2.65. The molecule has 0 radical (unpaired) electrons. The maximum Gasteiger partial charge on any atom is 0.110 e. The van der Waals surface area contributed by atoms with E-state index in [1.54, 1.807) is 6.34 Å². The predicted molar refractivity (Wildman–Crippen MR) is 58.6 cm³/mol. The highest BCUT2D eigenvalue weighted by Gasteiger charge is 2.25. The van der Waals surface area contributed by atoms with Crippen molar-refractivity contribution in [2.24, 2.45) is 9.98 Å². The van der Waals surface area contributed by atoms with Gasteiger partial charge in [0.05, 0.1) is 0 Å². The Kier molecular flexibility index (Phi) is 3.62. The van der Waals surface area contributed by atoms with E-state index >= 15 is 0 Å². The van der Waals surface area contributed by atoms with Crippen LogP contribution in [0.2, 0.25) is 0 Å². The van der Waals surface area contributed by atoms with Gasteiger partial charge < -0.3 is 0 Å². The molecule has 0 aliphatic carbocycles. The fraction of sp³-hybridized carbons (Fsp3) is 0.455. The van der Waals surface area contributed by atoms with E-state index < -0.39 is 0 Å². The van der Waals surface area contributed by atoms with Gasteiger partial charge in [0.1, 0.15) is 11.9 Å². The second-order valence-corrected chi connectivity index (χ2v) is 3.17. The monoisotopic (exact) mass is 176 g/mol. The van der Waals surface area contributed by atoms with Gasteiger partial charge in [-0.3, -0.25) is 4.99 Å². The average molecular weight is 176 g/mol. The van der Waals surface area contributed by atoms with Crippen molar-refractivity contribution in [2.45, 2.75) is 32.2 Å². The van der Waals surface area contributed by atoms with Crippen LogP contribution in [0.25, 0.3) is 0 Å². The first-order valence-corrected chi connectivity index (χ1v) is 4.63. The Morgan fingerprint density at radius 1 is 1.15 bits per heavy atom. The lowest BCUT2D eigenvalue weighted by Gasteiger charge is -2.18. The predicted octanol–water partition coefficient (Wildman–Crippen LogP) is 2.77. The van der Waals surface area contributed by atoms with Crippen molar-refractivity contribution in [1.82, 2.24) is 0 Å². The average Bonchev–Trinajstić information content (AvgIpc) is 2.61. The minimum atomic E-state index is -0.0982. The summed E-state index contributed by atoms with van der Waals surface area (Å²) in [7, 11) is 0. The first-order valence-electron chi connectivity index (χ1n) is 4.63. The molecular weight excluding hydrogens is 160 g/mol. The lowest BCUT2D eigenvalue weighted by atomic mass is 9.93. The SMILES string of the molecule is CC=CCC1(CC=CC)C=NC=N1. The Labute approximate surface area is 79.8 Å². The fourth-order valence-electron chi connectivity index (χ4n) is 1.29. The molecule has 1 rings (SSSR count). The maximum atomic E-state index is 4.39. The number of allylic oxidation sites excluding steroid dienone is 2. The fourth-order valence-corrected chi connectivity index (χ4v) is 1.29. The van der Waals surface area contributed by atoms with Crippen molar-refractivity contribution in [3.63, 3.8) is 0 Å². The summed E-state index contributed by atoms with van der Waals surface area (Å²) in [5, 5.41) is 0. The Balaban J connectivity index is 2.64. The molecule has 1 aliphatic rings. The summed E-state index contributed by atoms with van der Waals surface area (Å²) in [6.07, 6.45) is 13.8. The van der Waals surface area contributed by atoms with Gasteiger partial charge in [0.15, 0.2) is 0 Å². The molecule has 0 bridgehead atoms. The van der Waals surface area contributed by atoms with Crippen LogP contribution in [0.1, 0.15) is 26.7 Å². The molecule has 2 heteroatoms. The molecule has 0 saturated heterocycles. The third-order valence-corrected chi connectivity index (χ3v) is 2.11. The van der Waals surface area contributed by atoms with E-state index in [0.29, 0.717) is 0 Å². The zero-order valence-electron chi connectivity index (χ0n) is 8.27.